The molecule has 12 heavy (non-hydrogen) atoms. The lowest BCUT2D eigenvalue weighted by Crippen LogP contribution is -1.85. The van der Waals surface area contributed by atoms with Crippen molar-refractivity contribution in [2.75, 3.05) is 0 Å². The summed E-state index contributed by atoms with van der Waals surface area (Å²) in [6.45, 7) is 0. The van der Waals surface area contributed by atoms with E-state index in [0.717, 1.165) is 18.2 Å². The third kappa shape index (κ3) is 1.68. The van der Waals surface area contributed by atoms with Crippen LogP contribution in [0.5, 0.6) is 0 Å². The molecule has 4 heteroatoms. The van der Waals surface area contributed by atoms with E-state index < -0.39 is 0 Å². The lowest BCUT2D eigenvalue weighted by Gasteiger charge is -1.96. The van der Waals surface area contributed by atoms with Crippen LogP contribution in [0.2, 0.25) is 0 Å². The highest BCUT2D eigenvalue weighted by Gasteiger charge is 1.96. The zero-order chi connectivity index (χ0) is 8.55. The molecule has 60 valence electrons. The smallest absolute Gasteiger partial charge is 0.159 e. The van der Waals surface area contributed by atoms with Crippen molar-refractivity contribution in [2.24, 2.45) is 0 Å². The number of nitrogens with zero attached hydrogens (tertiary/aromatic N) is 2. The molecule has 0 aliphatic heterocycles. The van der Waals surface area contributed by atoms with E-state index in [1.807, 2.05) is 12.4 Å². The Morgan fingerprint density at radius 1 is 0.917 bits per heavy atom. The van der Waals surface area contributed by atoms with Crippen molar-refractivity contribution in [3.8, 4) is 0 Å². The van der Waals surface area contributed by atoms with Crippen LogP contribution < -0.4 is 0 Å². The van der Waals surface area contributed by atoms with Crippen molar-refractivity contribution in [1.29, 1.82) is 0 Å². The van der Waals surface area contributed by atoms with Gasteiger partial charge in [0.05, 0.1) is 0 Å². The highest BCUT2D eigenvalue weighted by atomic mass is 127. The molecule has 2 heterocycles. The Labute approximate surface area is 97.1 Å². The minimum Gasteiger partial charge on any atom is -0.236 e. The van der Waals surface area contributed by atoms with Gasteiger partial charge in [-0.3, -0.25) is 0 Å². The Morgan fingerprint density at radius 3 is 1.92 bits per heavy atom. The van der Waals surface area contributed by atoms with Crippen LogP contribution in [0, 0.1) is 7.14 Å². The normalized spacial score (nSPS) is 10.5. The fraction of sp³-hybridized carbons (Fsp3) is 0. The molecule has 0 spiro atoms. The first-order valence-electron chi connectivity index (χ1n) is 3.32. The summed E-state index contributed by atoms with van der Waals surface area (Å²) in [7, 11) is 0. The Bertz CT molecular complexity index is 392. The maximum Gasteiger partial charge on any atom is 0.159 e. The van der Waals surface area contributed by atoms with Gasteiger partial charge in [-0.15, -0.1) is 0 Å². The van der Waals surface area contributed by atoms with Gasteiger partial charge < -0.3 is 0 Å². The second-order valence-corrected chi connectivity index (χ2v) is 4.85. The van der Waals surface area contributed by atoms with Crippen molar-refractivity contribution >= 4 is 56.2 Å². The van der Waals surface area contributed by atoms with E-state index in [2.05, 4.69) is 67.3 Å². The highest BCUT2D eigenvalue weighted by Crippen LogP contribution is 2.14. The number of fused-ring (bicyclic) bond motifs is 1. The van der Waals surface area contributed by atoms with Gasteiger partial charge in [-0.2, -0.15) is 0 Å². The number of aromatic nitrogens is 2. The largest absolute Gasteiger partial charge is 0.236 e. The van der Waals surface area contributed by atoms with Gasteiger partial charge in [0, 0.05) is 24.9 Å². The summed E-state index contributed by atoms with van der Waals surface area (Å²) in [5.74, 6) is 0. The second-order valence-electron chi connectivity index (χ2n) is 2.35. The van der Waals surface area contributed by atoms with Crippen LogP contribution in [0.15, 0.2) is 24.5 Å². The lowest BCUT2D eigenvalue weighted by atomic mass is 10.3. The van der Waals surface area contributed by atoms with Gasteiger partial charge in [0.2, 0.25) is 0 Å². The molecule has 0 unspecified atom stereocenters. The molecule has 0 saturated carbocycles. The van der Waals surface area contributed by atoms with E-state index in [1.54, 1.807) is 0 Å². The molecule has 0 N–H and O–H groups in total. The van der Waals surface area contributed by atoms with Crippen molar-refractivity contribution in [3.63, 3.8) is 0 Å². The molecule has 2 aromatic rings. The third-order valence-corrected chi connectivity index (χ3v) is 2.65. The van der Waals surface area contributed by atoms with Crippen LogP contribution in [0.25, 0.3) is 11.0 Å². The topological polar surface area (TPSA) is 25.8 Å². The molecule has 0 saturated heterocycles. The van der Waals surface area contributed by atoms with Gasteiger partial charge >= 0.3 is 0 Å². The molecule has 0 bridgehead atoms. The van der Waals surface area contributed by atoms with E-state index >= 15 is 0 Å². The lowest BCUT2D eigenvalue weighted by molar-refractivity contribution is 1.27. The third-order valence-electron chi connectivity index (χ3n) is 1.47. The number of rotatable bonds is 0. The molecule has 2 rings (SSSR count). The van der Waals surface area contributed by atoms with Crippen molar-refractivity contribution in [1.82, 2.24) is 9.97 Å². The molecule has 0 amide bonds. The maximum atomic E-state index is 4.20. The Hall–Kier alpha value is 0.0200. The summed E-state index contributed by atoms with van der Waals surface area (Å²) in [6.07, 6.45) is 3.64. The van der Waals surface area contributed by atoms with Gasteiger partial charge in [-0.1, -0.05) is 0 Å². The Balaban J connectivity index is 2.80. The standard InChI is InChI=1S/C8H4I2N2/c9-6-1-5-2-7(10)4-12-8(5)11-3-6/h1-4H. The first-order chi connectivity index (χ1) is 5.75. The van der Waals surface area contributed by atoms with Crippen LogP contribution in [-0.2, 0) is 0 Å². The highest BCUT2D eigenvalue weighted by molar-refractivity contribution is 14.1. The molecule has 2 aromatic heterocycles. The minimum atomic E-state index is 0.816. The predicted octanol–water partition coefficient (Wildman–Crippen LogP) is 2.84. The molecule has 0 atom stereocenters. The van der Waals surface area contributed by atoms with Crippen LogP contribution in [0.3, 0.4) is 0 Å². The van der Waals surface area contributed by atoms with Crippen molar-refractivity contribution in [2.45, 2.75) is 0 Å². The van der Waals surface area contributed by atoms with Crippen molar-refractivity contribution in [3.05, 3.63) is 31.7 Å². The molecule has 0 aliphatic carbocycles. The van der Waals surface area contributed by atoms with E-state index in [9.17, 15) is 0 Å². The number of pyridine rings is 2. The van der Waals surface area contributed by atoms with Crippen molar-refractivity contribution < 1.29 is 0 Å². The van der Waals surface area contributed by atoms with Gasteiger partial charge in [-0.25, -0.2) is 9.97 Å². The van der Waals surface area contributed by atoms with Crippen LogP contribution in [-0.4, -0.2) is 9.97 Å². The molecule has 0 fully saturated rings. The first kappa shape index (κ1) is 8.61. The summed E-state index contributed by atoms with van der Waals surface area (Å²) >= 11 is 4.49. The van der Waals surface area contributed by atoms with Crippen LogP contribution >= 0.6 is 45.2 Å². The van der Waals surface area contributed by atoms with Gasteiger partial charge in [0.15, 0.2) is 5.65 Å². The summed E-state index contributed by atoms with van der Waals surface area (Å²) in [6, 6.07) is 4.16. The number of hydrogen-bond acceptors (Lipinski definition) is 2. The molecule has 0 aliphatic rings. The van der Waals surface area contributed by atoms with Gasteiger partial charge in [0.25, 0.3) is 0 Å². The maximum absolute atomic E-state index is 4.20. The zero-order valence-corrected chi connectivity index (χ0v) is 10.3. The number of halogens is 2. The fourth-order valence-electron chi connectivity index (χ4n) is 0.970. The summed E-state index contributed by atoms with van der Waals surface area (Å²) in [4.78, 5) is 8.40. The van der Waals surface area contributed by atoms with E-state index in [0.29, 0.717) is 0 Å². The Morgan fingerprint density at radius 2 is 1.42 bits per heavy atom. The molecular formula is C8H4I2N2. The number of hydrogen-bond donors (Lipinski definition) is 0. The van der Waals surface area contributed by atoms with E-state index in [4.69, 9.17) is 0 Å². The zero-order valence-electron chi connectivity index (χ0n) is 5.96. The molecular weight excluding hydrogens is 378 g/mol. The predicted molar refractivity (Wildman–Crippen MR) is 65.0 cm³/mol. The summed E-state index contributed by atoms with van der Waals surface area (Å²) < 4.78 is 2.28. The van der Waals surface area contributed by atoms with Gasteiger partial charge in [-0.05, 0) is 57.3 Å². The van der Waals surface area contributed by atoms with E-state index in [-0.39, 0.29) is 0 Å². The monoisotopic (exact) mass is 382 g/mol. The van der Waals surface area contributed by atoms with E-state index in [1.165, 1.54) is 0 Å². The molecule has 0 aromatic carbocycles. The summed E-state index contributed by atoms with van der Waals surface area (Å²) in [5.41, 5.74) is 0.816. The SMILES string of the molecule is Ic1cnc2ncc(I)cc2c1. The quantitative estimate of drug-likeness (QED) is 0.656. The average Bonchev–Trinajstić information content (AvgIpc) is 2.03. The Kier molecular flexibility index (Phi) is 2.44. The minimum absolute atomic E-state index is 0.816. The molecule has 2 nitrogen and oxygen atoms in total. The fourth-order valence-corrected chi connectivity index (χ4v) is 1.92. The average molecular weight is 382 g/mol. The first-order valence-corrected chi connectivity index (χ1v) is 5.48. The summed E-state index contributed by atoms with van der Waals surface area (Å²) in [5, 5.41) is 1.11. The molecule has 0 radical (unpaired) electrons. The second kappa shape index (κ2) is 3.41. The van der Waals surface area contributed by atoms with Gasteiger partial charge in [0.1, 0.15) is 0 Å². The van der Waals surface area contributed by atoms with Crippen LogP contribution in [0.1, 0.15) is 0 Å². The van der Waals surface area contributed by atoms with Crippen LogP contribution in [0.4, 0.5) is 0 Å².